The smallest absolute Gasteiger partial charge is 0.127 e. The molecule has 0 saturated carbocycles. The highest BCUT2D eigenvalue weighted by Crippen LogP contribution is 2.34. The predicted molar refractivity (Wildman–Crippen MR) is 71.2 cm³/mol. The van der Waals surface area contributed by atoms with Gasteiger partial charge >= 0.3 is 0 Å². The van der Waals surface area contributed by atoms with Crippen LogP contribution >= 0.6 is 0 Å². The van der Waals surface area contributed by atoms with E-state index in [1.807, 2.05) is 23.0 Å². The number of hydrogen-bond acceptors (Lipinski definition) is 4. The highest BCUT2D eigenvalue weighted by molar-refractivity contribution is 5.44. The van der Waals surface area contributed by atoms with E-state index in [1.165, 1.54) is 0 Å². The molecular formula is C14H17N3O2. The van der Waals surface area contributed by atoms with Gasteiger partial charge in [0.05, 0.1) is 6.04 Å². The molecule has 1 aliphatic heterocycles. The zero-order valence-corrected chi connectivity index (χ0v) is 10.6. The molecule has 5 nitrogen and oxygen atoms in total. The molecule has 1 aromatic heterocycles. The third-order valence-electron chi connectivity index (χ3n) is 3.29. The molecule has 0 bridgehead atoms. The molecule has 1 aliphatic rings. The van der Waals surface area contributed by atoms with Gasteiger partial charge in [-0.1, -0.05) is 0 Å². The molecule has 1 atom stereocenters. The maximum absolute atomic E-state index is 9.39. The summed E-state index contributed by atoms with van der Waals surface area (Å²) >= 11 is 0. The van der Waals surface area contributed by atoms with Crippen LogP contribution in [-0.2, 0) is 6.54 Å². The summed E-state index contributed by atoms with van der Waals surface area (Å²) in [5.41, 5.74) is 1.12. The standard InChI is InChI=1S/C14H17N3O2/c18-11-3-4-12-13(10-19-14(12)9-11)15-5-1-7-17-8-2-6-16-17/h2-4,6,8-9,13,15,18H,1,5,7,10H2. The number of phenols is 1. The van der Waals surface area contributed by atoms with Crippen LogP contribution in [0.15, 0.2) is 36.7 Å². The molecule has 0 fully saturated rings. The zero-order valence-electron chi connectivity index (χ0n) is 10.6. The van der Waals surface area contributed by atoms with E-state index >= 15 is 0 Å². The van der Waals surface area contributed by atoms with Crippen LogP contribution in [0.4, 0.5) is 0 Å². The molecule has 0 saturated heterocycles. The Morgan fingerprint density at radius 1 is 1.47 bits per heavy atom. The molecule has 19 heavy (non-hydrogen) atoms. The first-order valence-electron chi connectivity index (χ1n) is 6.49. The second-order valence-electron chi connectivity index (χ2n) is 4.66. The van der Waals surface area contributed by atoms with E-state index < -0.39 is 0 Å². The maximum Gasteiger partial charge on any atom is 0.127 e. The first-order valence-corrected chi connectivity index (χ1v) is 6.49. The summed E-state index contributed by atoms with van der Waals surface area (Å²) in [4.78, 5) is 0. The summed E-state index contributed by atoms with van der Waals surface area (Å²) in [5, 5.41) is 17.0. The number of aromatic nitrogens is 2. The molecule has 100 valence electrons. The fourth-order valence-corrected chi connectivity index (χ4v) is 2.32. The fraction of sp³-hybridized carbons (Fsp3) is 0.357. The number of aromatic hydroxyl groups is 1. The van der Waals surface area contributed by atoms with Crippen LogP contribution in [0.2, 0.25) is 0 Å². The lowest BCUT2D eigenvalue weighted by Crippen LogP contribution is -2.24. The molecule has 0 amide bonds. The number of ether oxygens (including phenoxy) is 1. The van der Waals surface area contributed by atoms with Crippen molar-refractivity contribution >= 4 is 0 Å². The van der Waals surface area contributed by atoms with Crippen molar-refractivity contribution < 1.29 is 9.84 Å². The molecule has 2 N–H and O–H groups in total. The summed E-state index contributed by atoms with van der Waals surface area (Å²) in [5.74, 6) is 1.03. The molecule has 2 heterocycles. The Bertz CT molecular complexity index is 540. The predicted octanol–water partition coefficient (Wildman–Crippen LogP) is 1.70. The van der Waals surface area contributed by atoms with Gasteiger partial charge in [-0.2, -0.15) is 5.10 Å². The molecule has 2 aromatic rings. The van der Waals surface area contributed by atoms with Gasteiger partial charge < -0.3 is 15.2 Å². The van der Waals surface area contributed by atoms with Gasteiger partial charge in [0.2, 0.25) is 0 Å². The minimum absolute atomic E-state index is 0.216. The molecule has 0 spiro atoms. The van der Waals surface area contributed by atoms with Crippen LogP contribution in [0, 0.1) is 0 Å². The molecular weight excluding hydrogens is 242 g/mol. The van der Waals surface area contributed by atoms with Crippen LogP contribution in [0.1, 0.15) is 18.0 Å². The summed E-state index contributed by atoms with van der Waals surface area (Å²) in [6.07, 6.45) is 4.78. The van der Waals surface area contributed by atoms with Crippen LogP contribution in [0.25, 0.3) is 0 Å². The number of rotatable bonds is 5. The van der Waals surface area contributed by atoms with Gasteiger partial charge in [-0.25, -0.2) is 0 Å². The third-order valence-corrected chi connectivity index (χ3v) is 3.29. The lowest BCUT2D eigenvalue weighted by atomic mass is 10.1. The topological polar surface area (TPSA) is 59.3 Å². The first kappa shape index (κ1) is 12.0. The van der Waals surface area contributed by atoms with E-state index in [2.05, 4.69) is 10.4 Å². The second kappa shape index (κ2) is 5.32. The van der Waals surface area contributed by atoms with Gasteiger partial charge in [-0.3, -0.25) is 4.68 Å². The fourth-order valence-electron chi connectivity index (χ4n) is 2.32. The van der Waals surface area contributed by atoms with Crippen molar-refractivity contribution in [1.82, 2.24) is 15.1 Å². The van der Waals surface area contributed by atoms with Crippen molar-refractivity contribution in [3.05, 3.63) is 42.2 Å². The third kappa shape index (κ3) is 2.71. The minimum atomic E-state index is 0.216. The number of nitrogens with one attached hydrogen (secondary N) is 1. The Labute approximate surface area is 111 Å². The van der Waals surface area contributed by atoms with Crippen LogP contribution in [-0.4, -0.2) is 28.0 Å². The van der Waals surface area contributed by atoms with Crippen molar-refractivity contribution in [3.63, 3.8) is 0 Å². The minimum Gasteiger partial charge on any atom is -0.508 e. The number of aryl methyl sites for hydroxylation is 1. The normalized spacial score (nSPS) is 17.2. The number of benzene rings is 1. The molecule has 1 aromatic carbocycles. The molecule has 1 unspecified atom stereocenters. The van der Waals surface area contributed by atoms with E-state index in [0.29, 0.717) is 6.61 Å². The van der Waals surface area contributed by atoms with Gasteiger partial charge in [0.25, 0.3) is 0 Å². The lowest BCUT2D eigenvalue weighted by Gasteiger charge is -2.11. The Balaban J connectivity index is 1.50. The quantitative estimate of drug-likeness (QED) is 0.802. The Morgan fingerprint density at radius 2 is 2.42 bits per heavy atom. The van der Waals surface area contributed by atoms with Crippen molar-refractivity contribution in [2.75, 3.05) is 13.2 Å². The summed E-state index contributed by atoms with van der Waals surface area (Å²) in [7, 11) is 0. The number of nitrogens with zero attached hydrogens (tertiary/aromatic N) is 2. The van der Waals surface area contributed by atoms with Crippen molar-refractivity contribution in [3.8, 4) is 11.5 Å². The summed E-state index contributed by atoms with van der Waals surface area (Å²) in [6, 6.07) is 7.43. The Hall–Kier alpha value is -2.01. The van der Waals surface area contributed by atoms with Gasteiger partial charge in [-0.15, -0.1) is 0 Å². The second-order valence-corrected chi connectivity index (χ2v) is 4.66. The number of fused-ring (bicyclic) bond motifs is 1. The average Bonchev–Trinajstić information content (AvgIpc) is 3.03. The van der Waals surface area contributed by atoms with E-state index in [-0.39, 0.29) is 11.8 Å². The Morgan fingerprint density at radius 3 is 3.26 bits per heavy atom. The van der Waals surface area contributed by atoms with E-state index in [0.717, 1.165) is 30.8 Å². The highest BCUT2D eigenvalue weighted by Gasteiger charge is 2.23. The maximum atomic E-state index is 9.39. The van der Waals surface area contributed by atoms with E-state index in [9.17, 15) is 5.11 Å². The molecule has 0 aliphatic carbocycles. The Kier molecular flexibility index (Phi) is 3.37. The molecule has 0 radical (unpaired) electrons. The summed E-state index contributed by atoms with van der Waals surface area (Å²) < 4.78 is 7.48. The monoisotopic (exact) mass is 259 g/mol. The van der Waals surface area contributed by atoms with E-state index in [4.69, 9.17) is 4.74 Å². The van der Waals surface area contributed by atoms with Crippen LogP contribution in [0.3, 0.4) is 0 Å². The van der Waals surface area contributed by atoms with Gasteiger partial charge in [0, 0.05) is 30.6 Å². The van der Waals surface area contributed by atoms with Crippen LogP contribution < -0.4 is 10.1 Å². The molecule has 5 heteroatoms. The van der Waals surface area contributed by atoms with Gasteiger partial charge in [0.1, 0.15) is 18.1 Å². The molecule has 3 rings (SSSR count). The van der Waals surface area contributed by atoms with Gasteiger partial charge in [0.15, 0.2) is 0 Å². The van der Waals surface area contributed by atoms with E-state index in [1.54, 1.807) is 18.3 Å². The number of phenolic OH excluding ortho intramolecular Hbond substituents is 1. The zero-order chi connectivity index (χ0) is 13.1. The van der Waals surface area contributed by atoms with Crippen molar-refractivity contribution in [2.24, 2.45) is 0 Å². The van der Waals surface area contributed by atoms with Crippen molar-refractivity contribution in [2.45, 2.75) is 19.0 Å². The average molecular weight is 259 g/mol. The first-order chi connectivity index (χ1) is 9.33. The highest BCUT2D eigenvalue weighted by atomic mass is 16.5. The SMILES string of the molecule is Oc1ccc2c(c1)OCC2NCCCn1cccn1. The lowest BCUT2D eigenvalue weighted by molar-refractivity contribution is 0.309. The van der Waals surface area contributed by atoms with Crippen LogP contribution in [0.5, 0.6) is 11.5 Å². The van der Waals surface area contributed by atoms with Gasteiger partial charge in [-0.05, 0) is 31.2 Å². The largest absolute Gasteiger partial charge is 0.508 e. The number of hydrogen-bond donors (Lipinski definition) is 2. The van der Waals surface area contributed by atoms with Crippen molar-refractivity contribution in [1.29, 1.82) is 0 Å². The summed E-state index contributed by atoms with van der Waals surface area (Å²) in [6.45, 7) is 2.45.